The number of thiazole rings is 1. The zero-order chi connectivity index (χ0) is 17.2. The molecule has 4 aromatic rings. The number of nitrogens with zero attached hydrogens (tertiary/aromatic N) is 2. The van der Waals surface area contributed by atoms with E-state index in [4.69, 9.17) is 5.90 Å². The molecule has 2 aromatic carbocycles. The SMILES string of the molecule is NOCc1ccc(-c2cn3c(C=O)c(-c4ccccc4)nc3s2)cc1. The van der Waals surface area contributed by atoms with E-state index in [1.807, 2.05) is 65.2 Å². The lowest BCUT2D eigenvalue weighted by atomic mass is 10.1. The second-order valence-electron chi connectivity index (χ2n) is 5.59. The van der Waals surface area contributed by atoms with Crippen molar-refractivity contribution in [3.8, 4) is 21.7 Å². The molecule has 0 atom stereocenters. The van der Waals surface area contributed by atoms with E-state index in [2.05, 4.69) is 9.82 Å². The van der Waals surface area contributed by atoms with Gasteiger partial charge in [0, 0.05) is 11.8 Å². The summed E-state index contributed by atoms with van der Waals surface area (Å²) in [5, 5.41) is 0. The fourth-order valence-electron chi connectivity index (χ4n) is 2.78. The summed E-state index contributed by atoms with van der Waals surface area (Å²) < 4.78 is 1.85. The summed E-state index contributed by atoms with van der Waals surface area (Å²) >= 11 is 1.55. The fourth-order valence-corrected chi connectivity index (χ4v) is 3.77. The summed E-state index contributed by atoms with van der Waals surface area (Å²) in [6, 6.07) is 17.7. The molecule has 0 saturated heterocycles. The van der Waals surface area contributed by atoms with Crippen LogP contribution in [0.3, 0.4) is 0 Å². The van der Waals surface area contributed by atoms with Gasteiger partial charge in [-0.05, 0) is 11.1 Å². The molecule has 0 amide bonds. The molecular weight excluding hydrogens is 334 g/mol. The lowest BCUT2D eigenvalue weighted by Crippen LogP contribution is -1.98. The summed E-state index contributed by atoms with van der Waals surface area (Å²) in [5.41, 5.74) is 4.29. The van der Waals surface area contributed by atoms with Crippen LogP contribution in [-0.2, 0) is 11.4 Å². The second kappa shape index (κ2) is 6.60. The maximum Gasteiger partial charge on any atom is 0.195 e. The van der Waals surface area contributed by atoms with Crippen LogP contribution in [0.1, 0.15) is 16.1 Å². The molecule has 124 valence electrons. The van der Waals surface area contributed by atoms with E-state index < -0.39 is 0 Å². The lowest BCUT2D eigenvalue weighted by Gasteiger charge is -2.01. The Kier molecular flexibility index (Phi) is 4.15. The summed E-state index contributed by atoms with van der Waals surface area (Å²) in [7, 11) is 0. The van der Waals surface area contributed by atoms with E-state index in [0.717, 1.165) is 32.8 Å². The minimum absolute atomic E-state index is 0.379. The van der Waals surface area contributed by atoms with Crippen molar-refractivity contribution in [2.75, 3.05) is 0 Å². The van der Waals surface area contributed by atoms with Crippen molar-refractivity contribution < 1.29 is 9.63 Å². The molecule has 2 aromatic heterocycles. The lowest BCUT2D eigenvalue weighted by molar-refractivity contribution is 0.111. The first-order valence-electron chi connectivity index (χ1n) is 7.73. The Bertz CT molecular complexity index is 1020. The van der Waals surface area contributed by atoms with Crippen LogP contribution in [0.2, 0.25) is 0 Å². The van der Waals surface area contributed by atoms with Crippen molar-refractivity contribution in [1.29, 1.82) is 0 Å². The quantitative estimate of drug-likeness (QED) is 0.438. The van der Waals surface area contributed by atoms with Gasteiger partial charge in [0.1, 0.15) is 11.4 Å². The number of carbonyl (C=O) groups excluding carboxylic acids is 1. The van der Waals surface area contributed by atoms with E-state index in [1.54, 1.807) is 11.3 Å². The monoisotopic (exact) mass is 349 g/mol. The maximum absolute atomic E-state index is 11.7. The first-order valence-corrected chi connectivity index (χ1v) is 8.55. The molecule has 4 rings (SSSR count). The first-order chi connectivity index (χ1) is 12.3. The van der Waals surface area contributed by atoms with E-state index in [1.165, 1.54) is 0 Å². The largest absolute Gasteiger partial charge is 0.300 e. The van der Waals surface area contributed by atoms with Gasteiger partial charge in [0.15, 0.2) is 11.2 Å². The Morgan fingerprint density at radius 2 is 1.84 bits per heavy atom. The fraction of sp³-hybridized carbons (Fsp3) is 0.0526. The molecule has 2 N–H and O–H groups in total. The number of fused-ring (bicyclic) bond motifs is 1. The third-order valence-electron chi connectivity index (χ3n) is 4.01. The Morgan fingerprint density at radius 3 is 2.52 bits per heavy atom. The molecule has 0 bridgehead atoms. The highest BCUT2D eigenvalue weighted by atomic mass is 32.1. The van der Waals surface area contributed by atoms with Crippen LogP contribution in [0.15, 0.2) is 60.8 Å². The summed E-state index contributed by atoms with van der Waals surface area (Å²) in [6.07, 6.45) is 2.82. The molecule has 25 heavy (non-hydrogen) atoms. The van der Waals surface area contributed by atoms with Crippen LogP contribution in [0.5, 0.6) is 0 Å². The third-order valence-corrected chi connectivity index (χ3v) is 5.04. The summed E-state index contributed by atoms with van der Waals surface area (Å²) in [4.78, 5) is 22.8. The number of aldehydes is 1. The maximum atomic E-state index is 11.7. The zero-order valence-corrected chi connectivity index (χ0v) is 14.1. The van der Waals surface area contributed by atoms with Gasteiger partial charge in [0.25, 0.3) is 0 Å². The Balaban J connectivity index is 1.76. The van der Waals surface area contributed by atoms with Crippen molar-refractivity contribution in [1.82, 2.24) is 9.38 Å². The number of carbonyl (C=O) groups is 1. The molecular formula is C19H15N3O2S. The Hall–Kier alpha value is -2.80. The van der Waals surface area contributed by atoms with Crippen LogP contribution in [0.25, 0.3) is 26.7 Å². The number of aromatic nitrogens is 2. The minimum Gasteiger partial charge on any atom is -0.300 e. The number of rotatable bonds is 5. The minimum atomic E-state index is 0.379. The van der Waals surface area contributed by atoms with Crippen LogP contribution in [-0.4, -0.2) is 15.7 Å². The topological polar surface area (TPSA) is 69.6 Å². The molecule has 0 radical (unpaired) electrons. The van der Waals surface area contributed by atoms with Gasteiger partial charge < -0.3 is 0 Å². The Labute approximate surface area is 148 Å². The number of benzene rings is 2. The van der Waals surface area contributed by atoms with Gasteiger partial charge in [-0.1, -0.05) is 65.9 Å². The molecule has 5 nitrogen and oxygen atoms in total. The number of hydrogen-bond donors (Lipinski definition) is 1. The standard InChI is InChI=1S/C19H15N3O2S/c20-24-12-13-6-8-14(9-7-13)17-10-22-16(11-23)18(21-19(22)25-17)15-4-2-1-3-5-15/h1-11H,12,20H2. The van der Waals surface area contributed by atoms with Gasteiger partial charge >= 0.3 is 0 Å². The average Bonchev–Trinajstić information content (AvgIpc) is 3.21. The molecule has 0 fully saturated rings. The number of imidazole rings is 1. The van der Waals surface area contributed by atoms with Crippen molar-refractivity contribution >= 4 is 22.6 Å². The number of hydrogen-bond acceptors (Lipinski definition) is 5. The third kappa shape index (κ3) is 2.87. The summed E-state index contributed by atoms with van der Waals surface area (Å²) in [6.45, 7) is 0.379. The smallest absolute Gasteiger partial charge is 0.195 e. The molecule has 0 aliphatic heterocycles. The van der Waals surface area contributed by atoms with Crippen LogP contribution in [0.4, 0.5) is 0 Å². The van der Waals surface area contributed by atoms with Crippen molar-refractivity contribution in [3.63, 3.8) is 0 Å². The van der Waals surface area contributed by atoms with Crippen molar-refractivity contribution in [2.24, 2.45) is 5.90 Å². The number of nitrogens with two attached hydrogens (primary N) is 1. The summed E-state index contributed by atoms with van der Waals surface area (Å²) in [5.74, 6) is 5.10. The van der Waals surface area contributed by atoms with E-state index in [0.29, 0.717) is 18.0 Å². The predicted octanol–water partition coefficient (Wildman–Crippen LogP) is 3.93. The van der Waals surface area contributed by atoms with E-state index >= 15 is 0 Å². The van der Waals surface area contributed by atoms with Crippen molar-refractivity contribution in [3.05, 3.63) is 72.1 Å². The predicted molar refractivity (Wildman–Crippen MR) is 98.3 cm³/mol. The molecule has 0 aliphatic carbocycles. The van der Waals surface area contributed by atoms with Crippen LogP contribution < -0.4 is 5.90 Å². The van der Waals surface area contributed by atoms with Gasteiger partial charge in [-0.3, -0.25) is 14.0 Å². The molecule has 0 spiro atoms. The highest BCUT2D eigenvalue weighted by Crippen LogP contribution is 2.32. The molecule has 0 aliphatic rings. The highest BCUT2D eigenvalue weighted by Gasteiger charge is 2.16. The van der Waals surface area contributed by atoms with Crippen molar-refractivity contribution in [2.45, 2.75) is 6.61 Å². The Morgan fingerprint density at radius 1 is 1.08 bits per heavy atom. The van der Waals surface area contributed by atoms with E-state index in [9.17, 15) is 4.79 Å². The molecule has 2 heterocycles. The van der Waals surface area contributed by atoms with Gasteiger partial charge in [-0.2, -0.15) is 0 Å². The van der Waals surface area contributed by atoms with Crippen LogP contribution >= 0.6 is 11.3 Å². The van der Waals surface area contributed by atoms with Gasteiger partial charge in [0.2, 0.25) is 0 Å². The van der Waals surface area contributed by atoms with E-state index in [-0.39, 0.29) is 0 Å². The normalized spacial score (nSPS) is 11.1. The van der Waals surface area contributed by atoms with Gasteiger partial charge in [-0.25, -0.2) is 10.9 Å². The van der Waals surface area contributed by atoms with Gasteiger partial charge in [0.05, 0.1) is 11.5 Å². The zero-order valence-electron chi connectivity index (χ0n) is 13.3. The van der Waals surface area contributed by atoms with Crippen LogP contribution in [0, 0.1) is 0 Å². The molecule has 0 unspecified atom stereocenters. The average molecular weight is 349 g/mol. The molecule has 6 heteroatoms. The first kappa shape index (κ1) is 15.7. The molecule has 0 saturated carbocycles. The van der Waals surface area contributed by atoms with Gasteiger partial charge in [-0.15, -0.1) is 0 Å². The highest BCUT2D eigenvalue weighted by molar-refractivity contribution is 7.20. The second-order valence-corrected chi connectivity index (χ2v) is 6.59.